The number of carbonyl (C=O) groups is 1. The smallest absolute Gasteiger partial charge is 0.222 e. The minimum Gasteiger partial charge on any atom is -0.346 e. The Morgan fingerprint density at radius 3 is 2.50 bits per heavy atom. The Hall–Kier alpha value is -2.95. The van der Waals surface area contributed by atoms with Gasteiger partial charge in [0.05, 0.1) is 5.69 Å². The molecule has 28 heavy (non-hydrogen) atoms. The Labute approximate surface area is 165 Å². The number of halogens is 1. The molecule has 3 rings (SSSR count). The highest BCUT2D eigenvalue weighted by atomic mass is 19.1. The lowest BCUT2D eigenvalue weighted by molar-refractivity contribution is -0.129. The van der Waals surface area contributed by atoms with Gasteiger partial charge in [-0.15, -0.1) is 0 Å². The van der Waals surface area contributed by atoms with Crippen molar-refractivity contribution in [3.8, 4) is 11.3 Å². The van der Waals surface area contributed by atoms with Gasteiger partial charge < -0.3 is 4.90 Å². The summed E-state index contributed by atoms with van der Waals surface area (Å²) in [6, 6.07) is 16.6. The predicted octanol–water partition coefficient (Wildman–Crippen LogP) is 4.55. The van der Waals surface area contributed by atoms with E-state index in [1.165, 1.54) is 23.3 Å². The van der Waals surface area contributed by atoms with E-state index in [-0.39, 0.29) is 11.7 Å². The van der Waals surface area contributed by atoms with Gasteiger partial charge in [0.1, 0.15) is 5.82 Å². The lowest BCUT2D eigenvalue weighted by Crippen LogP contribution is -2.28. The van der Waals surface area contributed by atoms with Gasteiger partial charge in [0.2, 0.25) is 5.91 Å². The lowest BCUT2D eigenvalue weighted by atomic mass is 10.1. The van der Waals surface area contributed by atoms with Gasteiger partial charge in [-0.1, -0.05) is 29.8 Å². The molecule has 0 fully saturated rings. The molecular formula is C23H26FN3O. The molecule has 1 heterocycles. The van der Waals surface area contributed by atoms with E-state index in [0.29, 0.717) is 13.0 Å². The van der Waals surface area contributed by atoms with E-state index in [1.807, 2.05) is 13.1 Å². The van der Waals surface area contributed by atoms with E-state index in [9.17, 15) is 9.18 Å². The first-order valence-corrected chi connectivity index (χ1v) is 9.61. The lowest BCUT2D eigenvalue weighted by Gasteiger charge is -2.17. The molecule has 0 saturated carbocycles. The fraction of sp³-hybridized carbons (Fsp3) is 0.304. The Balaban J connectivity index is 1.42. The van der Waals surface area contributed by atoms with Crippen LogP contribution in [0.1, 0.15) is 29.7 Å². The summed E-state index contributed by atoms with van der Waals surface area (Å²) in [5.41, 5.74) is 5.12. The Morgan fingerprint density at radius 1 is 1.07 bits per heavy atom. The fourth-order valence-electron chi connectivity index (χ4n) is 3.09. The van der Waals surface area contributed by atoms with Crippen LogP contribution in [0, 0.1) is 12.7 Å². The maximum atomic E-state index is 13.0. The van der Waals surface area contributed by atoms with E-state index in [0.717, 1.165) is 36.2 Å². The van der Waals surface area contributed by atoms with Gasteiger partial charge in [-0.2, -0.15) is 5.10 Å². The Morgan fingerprint density at radius 2 is 1.79 bits per heavy atom. The summed E-state index contributed by atoms with van der Waals surface area (Å²) in [6.07, 6.45) is 2.96. The highest BCUT2D eigenvalue weighted by Crippen LogP contribution is 2.18. The summed E-state index contributed by atoms with van der Waals surface area (Å²) in [6.45, 7) is 2.77. The summed E-state index contributed by atoms with van der Waals surface area (Å²) in [5, 5.41) is 7.32. The minimum absolute atomic E-state index is 0.164. The summed E-state index contributed by atoms with van der Waals surface area (Å²) in [5.74, 6) is -0.0909. The van der Waals surface area contributed by atoms with Crippen molar-refractivity contribution in [2.45, 2.75) is 32.6 Å². The molecule has 0 aliphatic heterocycles. The molecule has 146 valence electrons. The van der Waals surface area contributed by atoms with Crippen molar-refractivity contribution >= 4 is 5.91 Å². The minimum atomic E-state index is -0.255. The van der Waals surface area contributed by atoms with Crippen LogP contribution < -0.4 is 0 Å². The van der Waals surface area contributed by atoms with Crippen LogP contribution in [0.4, 0.5) is 4.39 Å². The van der Waals surface area contributed by atoms with Crippen molar-refractivity contribution in [1.82, 2.24) is 15.1 Å². The molecule has 3 aromatic rings. The average molecular weight is 379 g/mol. The highest BCUT2D eigenvalue weighted by molar-refractivity contribution is 5.76. The van der Waals surface area contributed by atoms with E-state index >= 15 is 0 Å². The number of H-pyrrole nitrogens is 1. The van der Waals surface area contributed by atoms with Gasteiger partial charge in [-0.3, -0.25) is 9.89 Å². The number of amides is 1. The number of benzene rings is 2. The first-order valence-electron chi connectivity index (χ1n) is 9.61. The molecule has 1 N–H and O–H groups in total. The van der Waals surface area contributed by atoms with Crippen LogP contribution in [0.3, 0.4) is 0 Å². The van der Waals surface area contributed by atoms with Gasteiger partial charge in [0, 0.05) is 31.3 Å². The number of carbonyl (C=O) groups excluding carboxylic acids is 1. The predicted molar refractivity (Wildman–Crippen MR) is 109 cm³/mol. The van der Waals surface area contributed by atoms with E-state index in [1.54, 1.807) is 17.0 Å². The molecule has 5 heteroatoms. The van der Waals surface area contributed by atoms with Crippen molar-refractivity contribution in [3.63, 3.8) is 0 Å². The van der Waals surface area contributed by atoms with Crippen LogP contribution in [-0.4, -0.2) is 34.6 Å². The molecule has 0 spiro atoms. The zero-order valence-electron chi connectivity index (χ0n) is 16.4. The third kappa shape index (κ3) is 5.52. The molecule has 2 aromatic carbocycles. The van der Waals surface area contributed by atoms with Gasteiger partial charge >= 0.3 is 0 Å². The highest BCUT2D eigenvalue weighted by Gasteiger charge is 2.10. The maximum Gasteiger partial charge on any atom is 0.222 e. The first-order chi connectivity index (χ1) is 13.5. The molecule has 0 aliphatic rings. The van der Waals surface area contributed by atoms with Gasteiger partial charge in [-0.25, -0.2) is 4.39 Å². The quantitative estimate of drug-likeness (QED) is 0.624. The van der Waals surface area contributed by atoms with Crippen LogP contribution in [0.25, 0.3) is 11.3 Å². The summed E-state index contributed by atoms with van der Waals surface area (Å²) < 4.78 is 13.0. The molecule has 1 amide bonds. The van der Waals surface area contributed by atoms with Crippen molar-refractivity contribution in [2.75, 3.05) is 13.6 Å². The largest absolute Gasteiger partial charge is 0.346 e. The number of hydrogen-bond acceptors (Lipinski definition) is 2. The second-order valence-electron chi connectivity index (χ2n) is 7.19. The maximum absolute atomic E-state index is 13.0. The van der Waals surface area contributed by atoms with Gasteiger partial charge in [0.15, 0.2) is 0 Å². The van der Waals surface area contributed by atoms with Crippen LogP contribution in [0.5, 0.6) is 0 Å². The van der Waals surface area contributed by atoms with Crippen LogP contribution in [-0.2, 0) is 17.6 Å². The summed E-state index contributed by atoms with van der Waals surface area (Å²) >= 11 is 0. The number of aromatic nitrogens is 2. The summed E-state index contributed by atoms with van der Waals surface area (Å²) in [4.78, 5) is 14.1. The van der Waals surface area contributed by atoms with Crippen molar-refractivity contribution in [3.05, 3.63) is 77.2 Å². The number of hydrogen-bond donors (Lipinski definition) is 1. The standard InChI is InChI=1S/C23H26FN3O/c1-17-5-7-18(8-6-17)9-14-23(28)27(2)15-3-4-21-16-22(26-25-21)19-10-12-20(24)13-11-19/h5-8,10-13,16H,3-4,9,14-15H2,1-2H3,(H,25,26). The Bertz CT molecular complexity index is 900. The van der Waals surface area contributed by atoms with Crippen LogP contribution in [0.15, 0.2) is 54.6 Å². The fourth-order valence-corrected chi connectivity index (χ4v) is 3.09. The molecule has 0 atom stereocenters. The molecule has 0 bridgehead atoms. The second kappa shape index (κ2) is 9.31. The topological polar surface area (TPSA) is 49.0 Å². The second-order valence-corrected chi connectivity index (χ2v) is 7.19. The summed E-state index contributed by atoms with van der Waals surface area (Å²) in [7, 11) is 1.86. The van der Waals surface area contributed by atoms with Crippen molar-refractivity contribution < 1.29 is 9.18 Å². The number of aryl methyl sites for hydroxylation is 3. The third-order valence-corrected chi connectivity index (χ3v) is 4.88. The van der Waals surface area contributed by atoms with Crippen molar-refractivity contribution in [1.29, 1.82) is 0 Å². The molecular weight excluding hydrogens is 353 g/mol. The molecule has 0 unspecified atom stereocenters. The number of nitrogens with one attached hydrogen (secondary N) is 1. The molecule has 0 aliphatic carbocycles. The first kappa shape index (κ1) is 19.8. The molecule has 0 radical (unpaired) electrons. The number of aromatic amines is 1. The Kier molecular flexibility index (Phi) is 6.58. The monoisotopic (exact) mass is 379 g/mol. The molecule has 0 saturated heterocycles. The normalized spacial score (nSPS) is 10.8. The number of nitrogens with zero attached hydrogens (tertiary/aromatic N) is 2. The molecule has 4 nitrogen and oxygen atoms in total. The average Bonchev–Trinajstić information content (AvgIpc) is 3.16. The SMILES string of the molecule is Cc1ccc(CCC(=O)N(C)CCCc2cc(-c3ccc(F)cc3)n[nH]2)cc1. The van der Waals surface area contributed by atoms with E-state index in [4.69, 9.17) is 0 Å². The van der Waals surface area contributed by atoms with Crippen LogP contribution in [0.2, 0.25) is 0 Å². The third-order valence-electron chi connectivity index (χ3n) is 4.88. The van der Waals surface area contributed by atoms with Crippen LogP contribution >= 0.6 is 0 Å². The number of rotatable bonds is 8. The molecule has 1 aromatic heterocycles. The zero-order valence-corrected chi connectivity index (χ0v) is 16.4. The van der Waals surface area contributed by atoms with Gasteiger partial charge in [0.25, 0.3) is 0 Å². The van der Waals surface area contributed by atoms with Crippen molar-refractivity contribution in [2.24, 2.45) is 0 Å². The van der Waals surface area contributed by atoms with Gasteiger partial charge in [-0.05, 0) is 62.1 Å². The van der Waals surface area contributed by atoms with E-state index < -0.39 is 0 Å². The van der Waals surface area contributed by atoms with E-state index in [2.05, 4.69) is 41.4 Å². The zero-order chi connectivity index (χ0) is 19.9.